The first-order valence-electron chi connectivity index (χ1n) is 9.12. The van der Waals surface area contributed by atoms with Crippen LogP contribution in [0, 0.1) is 0 Å². The molecule has 3 rings (SSSR count). The molecule has 2 aromatic rings. The fourth-order valence-electron chi connectivity index (χ4n) is 2.95. The number of carbonyl (C=O) groups is 2. The molecular formula is C19H23N3O5S. The third-order valence-electron chi connectivity index (χ3n) is 4.52. The number of aromatic nitrogens is 2. The van der Waals surface area contributed by atoms with Gasteiger partial charge in [-0.05, 0) is 31.9 Å². The molecule has 0 radical (unpaired) electrons. The molecular weight excluding hydrogens is 382 g/mol. The maximum atomic E-state index is 12.8. The second-order valence-electron chi connectivity index (χ2n) is 6.52. The van der Waals surface area contributed by atoms with Crippen molar-refractivity contribution in [2.24, 2.45) is 0 Å². The highest BCUT2D eigenvalue weighted by molar-refractivity contribution is 8.00. The van der Waals surface area contributed by atoms with Crippen LogP contribution >= 0.6 is 11.8 Å². The Morgan fingerprint density at radius 3 is 2.93 bits per heavy atom. The molecule has 2 heterocycles. The maximum absolute atomic E-state index is 12.8. The van der Waals surface area contributed by atoms with E-state index in [1.54, 1.807) is 31.2 Å². The number of nitrogens with one attached hydrogen (secondary N) is 1. The van der Waals surface area contributed by atoms with Crippen LogP contribution < -0.4 is 10.9 Å². The molecule has 0 saturated carbocycles. The number of rotatable bonds is 7. The van der Waals surface area contributed by atoms with E-state index in [4.69, 9.17) is 9.47 Å². The van der Waals surface area contributed by atoms with E-state index in [0.29, 0.717) is 22.6 Å². The number of fused-ring (bicyclic) bond motifs is 1. The molecule has 1 saturated heterocycles. The van der Waals surface area contributed by atoms with E-state index in [9.17, 15) is 14.4 Å². The highest BCUT2D eigenvalue weighted by Gasteiger charge is 2.22. The van der Waals surface area contributed by atoms with Crippen molar-refractivity contribution in [3.8, 4) is 0 Å². The first kappa shape index (κ1) is 20.3. The monoisotopic (exact) mass is 405 g/mol. The minimum Gasteiger partial charge on any atom is -0.468 e. The summed E-state index contributed by atoms with van der Waals surface area (Å²) in [5, 5.41) is 3.08. The van der Waals surface area contributed by atoms with Crippen LogP contribution in [0.2, 0.25) is 0 Å². The Hall–Kier alpha value is -2.39. The molecule has 2 unspecified atom stereocenters. The van der Waals surface area contributed by atoms with Gasteiger partial charge in [0.05, 0.1) is 29.4 Å². The number of ether oxygens (including phenoxy) is 2. The first-order valence-corrected chi connectivity index (χ1v) is 10.00. The van der Waals surface area contributed by atoms with Gasteiger partial charge in [-0.1, -0.05) is 23.9 Å². The summed E-state index contributed by atoms with van der Waals surface area (Å²) in [5.41, 5.74) is 0.175. The van der Waals surface area contributed by atoms with Crippen LogP contribution in [0.4, 0.5) is 0 Å². The average Bonchev–Trinajstić information content (AvgIpc) is 3.22. The Morgan fingerprint density at radius 2 is 2.21 bits per heavy atom. The SMILES string of the molecule is COC(=O)Cn1c(SC(C)C(=O)NCC2CCCO2)nc2ccccc2c1=O. The number of hydrogen-bond donors (Lipinski definition) is 1. The van der Waals surface area contributed by atoms with Crippen molar-refractivity contribution in [3.05, 3.63) is 34.6 Å². The van der Waals surface area contributed by atoms with Gasteiger partial charge in [0.1, 0.15) is 6.54 Å². The van der Waals surface area contributed by atoms with Gasteiger partial charge < -0.3 is 14.8 Å². The minimum atomic E-state index is -0.559. The second-order valence-corrected chi connectivity index (χ2v) is 7.83. The zero-order valence-electron chi connectivity index (χ0n) is 15.8. The highest BCUT2D eigenvalue weighted by Crippen LogP contribution is 2.23. The quantitative estimate of drug-likeness (QED) is 0.422. The Labute approximate surface area is 166 Å². The largest absolute Gasteiger partial charge is 0.468 e. The zero-order chi connectivity index (χ0) is 20.1. The number of carbonyl (C=O) groups excluding carboxylic acids is 2. The smallest absolute Gasteiger partial charge is 0.325 e. The molecule has 28 heavy (non-hydrogen) atoms. The van der Waals surface area contributed by atoms with Crippen LogP contribution in [-0.4, -0.2) is 53.0 Å². The summed E-state index contributed by atoms with van der Waals surface area (Å²) < 4.78 is 11.5. The Kier molecular flexibility index (Phi) is 6.69. The summed E-state index contributed by atoms with van der Waals surface area (Å²) >= 11 is 1.13. The number of para-hydroxylation sites is 1. The Balaban J connectivity index is 1.81. The van der Waals surface area contributed by atoms with Crippen molar-refractivity contribution in [2.45, 2.75) is 42.8 Å². The van der Waals surface area contributed by atoms with Crippen molar-refractivity contribution in [3.63, 3.8) is 0 Å². The standard InChI is InChI=1S/C19H23N3O5S/c1-12(17(24)20-10-13-6-5-9-27-13)28-19-21-15-8-4-3-7-14(15)18(25)22(19)11-16(23)26-2/h3-4,7-8,12-13H,5-6,9-11H2,1-2H3,(H,20,24). The van der Waals surface area contributed by atoms with Gasteiger partial charge in [0, 0.05) is 13.2 Å². The molecule has 8 nitrogen and oxygen atoms in total. The van der Waals surface area contributed by atoms with Gasteiger partial charge >= 0.3 is 5.97 Å². The van der Waals surface area contributed by atoms with Crippen LogP contribution in [-0.2, 0) is 25.6 Å². The van der Waals surface area contributed by atoms with Crippen molar-refractivity contribution in [1.29, 1.82) is 0 Å². The number of amides is 1. The molecule has 1 N–H and O–H groups in total. The van der Waals surface area contributed by atoms with Gasteiger partial charge in [-0.15, -0.1) is 0 Å². The molecule has 1 amide bonds. The van der Waals surface area contributed by atoms with E-state index in [1.807, 2.05) is 0 Å². The number of thioether (sulfide) groups is 1. The van der Waals surface area contributed by atoms with Crippen molar-refractivity contribution >= 4 is 34.5 Å². The van der Waals surface area contributed by atoms with E-state index >= 15 is 0 Å². The summed E-state index contributed by atoms with van der Waals surface area (Å²) in [5.74, 6) is -0.732. The second kappa shape index (κ2) is 9.20. The summed E-state index contributed by atoms with van der Waals surface area (Å²) in [4.78, 5) is 41.6. The number of esters is 1. The van der Waals surface area contributed by atoms with Crippen molar-refractivity contribution < 1.29 is 19.1 Å². The van der Waals surface area contributed by atoms with Gasteiger partial charge in [0.25, 0.3) is 5.56 Å². The van der Waals surface area contributed by atoms with Crippen molar-refractivity contribution in [2.75, 3.05) is 20.3 Å². The lowest BCUT2D eigenvalue weighted by atomic mass is 10.2. The van der Waals surface area contributed by atoms with Crippen LogP contribution in [0.25, 0.3) is 10.9 Å². The average molecular weight is 405 g/mol. The van der Waals surface area contributed by atoms with Gasteiger partial charge in [0.15, 0.2) is 5.16 Å². The maximum Gasteiger partial charge on any atom is 0.325 e. The predicted molar refractivity (Wildman–Crippen MR) is 105 cm³/mol. The third-order valence-corrected chi connectivity index (χ3v) is 5.61. The third kappa shape index (κ3) is 4.71. The van der Waals surface area contributed by atoms with Crippen LogP contribution in [0.1, 0.15) is 19.8 Å². The summed E-state index contributed by atoms with van der Waals surface area (Å²) in [6, 6.07) is 6.91. The van der Waals surface area contributed by atoms with Gasteiger partial charge in [-0.3, -0.25) is 19.0 Å². The van der Waals surface area contributed by atoms with Gasteiger partial charge in [-0.2, -0.15) is 0 Å². The number of nitrogens with zero attached hydrogens (tertiary/aromatic N) is 2. The first-order chi connectivity index (χ1) is 13.5. The Morgan fingerprint density at radius 1 is 1.43 bits per heavy atom. The molecule has 0 aliphatic carbocycles. The number of hydrogen-bond acceptors (Lipinski definition) is 7. The zero-order valence-corrected chi connectivity index (χ0v) is 16.7. The number of methoxy groups -OCH3 is 1. The summed E-state index contributed by atoms with van der Waals surface area (Å²) in [6.45, 7) is 2.66. The fraction of sp³-hybridized carbons (Fsp3) is 0.474. The molecule has 0 bridgehead atoms. The molecule has 1 aliphatic rings. The summed E-state index contributed by atoms with van der Waals surface area (Å²) in [6.07, 6.45) is 2.00. The molecule has 2 atom stereocenters. The molecule has 1 aromatic carbocycles. The molecule has 9 heteroatoms. The topological polar surface area (TPSA) is 99.5 Å². The summed E-state index contributed by atoms with van der Waals surface area (Å²) in [7, 11) is 1.26. The molecule has 1 aliphatic heterocycles. The fourth-order valence-corrected chi connectivity index (χ4v) is 3.88. The minimum absolute atomic E-state index is 0.0532. The van der Waals surface area contributed by atoms with Crippen molar-refractivity contribution in [1.82, 2.24) is 14.9 Å². The van der Waals surface area contributed by atoms with E-state index in [-0.39, 0.29) is 24.1 Å². The van der Waals surface area contributed by atoms with Crippen LogP contribution in [0.15, 0.2) is 34.2 Å². The lowest BCUT2D eigenvalue weighted by molar-refractivity contribution is -0.141. The molecule has 1 aromatic heterocycles. The van der Waals surface area contributed by atoms with Gasteiger partial charge in [-0.25, -0.2) is 4.98 Å². The number of benzene rings is 1. The van der Waals surface area contributed by atoms with Crippen LogP contribution in [0.5, 0.6) is 0 Å². The molecule has 0 spiro atoms. The van der Waals surface area contributed by atoms with E-state index in [0.717, 1.165) is 31.2 Å². The van der Waals surface area contributed by atoms with E-state index < -0.39 is 11.2 Å². The lowest BCUT2D eigenvalue weighted by Crippen LogP contribution is -2.37. The predicted octanol–water partition coefficient (Wildman–Crippen LogP) is 1.35. The van der Waals surface area contributed by atoms with Gasteiger partial charge in [0.2, 0.25) is 5.91 Å². The lowest BCUT2D eigenvalue weighted by Gasteiger charge is -2.17. The molecule has 1 fully saturated rings. The Bertz CT molecular complexity index is 923. The van der Waals surface area contributed by atoms with E-state index in [2.05, 4.69) is 10.3 Å². The highest BCUT2D eigenvalue weighted by atomic mass is 32.2. The van der Waals surface area contributed by atoms with E-state index in [1.165, 1.54) is 11.7 Å². The molecule has 150 valence electrons. The normalized spacial score (nSPS) is 17.4. The van der Waals surface area contributed by atoms with Crippen LogP contribution in [0.3, 0.4) is 0 Å².